The number of benzene rings is 1. The number of nitrogens with zero attached hydrogens (tertiary/aromatic N) is 1. The predicted molar refractivity (Wildman–Crippen MR) is 43.3 cm³/mol. The molecule has 0 bridgehead atoms. The number of hydrogen-bond donors (Lipinski definition) is 0. The highest BCUT2D eigenvalue weighted by Gasteiger charge is 2.19. The molecule has 4 nitrogen and oxygen atoms in total. The van der Waals surface area contributed by atoms with E-state index in [1.165, 1.54) is 6.08 Å². The number of ether oxygens (including phenoxy) is 2. The molecule has 2 rings (SSSR count). The fourth-order valence-corrected chi connectivity index (χ4v) is 1.08. The monoisotopic (exact) mass is 176 g/mol. The second-order valence-corrected chi connectivity index (χ2v) is 2.48. The lowest BCUT2D eigenvalue weighted by Gasteiger charge is -2.22. The number of hydrogen-bond acceptors (Lipinski definition) is 4. The summed E-state index contributed by atoms with van der Waals surface area (Å²) in [5.74, 6) is 1.20. The zero-order valence-electron chi connectivity index (χ0n) is 6.69. The van der Waals surface area contributed by atoms with Gasteiger partial charge in [0.05, 0.1) is 0 Å². The highest BCUT2D eigenvalue weighted by Crippen LogP contribution is 2.30. The topological polar surface area (TPSA) is 47.9 Å². The predicted octanol–water partition coefficient (Wildman–Crippen LogP) is 0.920. The lowest BCUT2D eigenvalue weighted by molar-refractivity contribution is 0.0974. The summed E-state index contributed by atoms with van der Waals surface area (Å²) in [6, 6.07) is 7.94. The van der Waals surface area contributed by atoms with Gasteiger partial charge in [-0.25, -0.2) is 4.79 Å². The lowest BCUT2D eigenvalue weighted by Crippen LogP contribution is -2.26. The number of aliphatic imine (C=N–C) groups is 1. The average Bonchev–Trinajstić information content (AvgIpc) is 2.18. The molecule has 0 aliphatic carbocycles. The lowest BCUT2D eigenvalue weighted by atomic mass is 10.3. The summed E-state index contributed by atoms with van der Waals surface area (Å²) in [6.45, 7) is 0.236. The maximum Gasteiger partial charge on any atom is 0.238 e. The summed E-state index contributed by atoms with van der Waals surface area (Å²) in [4.78, 5) is 13.4. The zero-order chi connectivity index (χ0) is 9.10. The minimum Gasteiger partial charge on any atom is -0.484 e. The van der Waals surface area contributed by atoms with E-state index in [4.69, 9.17) is 9.47 Å². The summed E-state index contributed by atoms with van der Waals surface area (Å²) in [6.07, 6.45) is 0.854. The number of rotatable bonds is 1. The molecular formula is C9H6NO3. The normalized spacial score (nSPS) is 18.9. The smallest absolute Gasteiger partial charge is 0.238 e. The van der Waals surface area contributed by atoms with Crippen LogP contribution in [0.15, 0.2) is 23.2 Å². The first-order chi connectivity index (χ1) is 6.40. The third-order valence-corrected chi connectivity index (χ3v) is 1.63. The van der Waals surface area contributed by atoms with E-state index in [-0.39, 0.29) is 6.61 Å². The van der Waals surface area contributed by atoms with Gasteiger partial charge in [0.1, 0.15) is 6.61 Å². The summed E-state index contributed by atoms with van der Waals surface area (Å²) < 4.78 is 10.6. The van der Waals surface area contributed by atoms with E-state index in [0.717, 1.165) is 0 Å². The van der Waals surface area contributed by atoms with E-state index in [9.17, 15) is 4.79 Å². The van der Waals surface area contributed by atoms with Crippen LogP contribution in [0.2, 0.25) is 0 Å². The van der Waals surface area contributed by atoms with Gasteiger partial charge in [0.2, 0.25) is 12.3 Å². The molecule has 0 aromatic heterocycles. The Balaban J connectivity index is 2.24. The van der Waals surface area contributed by atoms with E-state index >= 15 is 0 Å². The van der Waals surface area contributed by atoms with Crippen LogP contribution >= 0.6 is 0 Å². The van der Waals surface area contributed by atoms with E-state index in [2.05, 4.69) is 11.1 Å². The molecule has 1 heterocycles. The van der Waals surface area contributed by atoms with Crippen molar-refractivity contribution in [1.29, 1.82) is 0 Å². The fraction of sp³-hybridized carbons (Fsp3) is 0.222. The van der Waals surface area contributed by atoms with Crippen LogP contribution in [0.5, 0.6) is 11.5 Å². The van der Waals surface area contributed by atoms with Crippen molar-refractivity contribution < 1.29 is 14.3 Å². The van der Waals surface area contributed by atoms with E-state index in [0.29, 0.717) is 11.5 Å². The molecule has 0 fully saturated rings. The van der Waals surface area contributed by atoms with Gasteiger partial charge in [0.15, 0.2) is 11.5 Å². The third-order valence-electron chi connectivity index (χ3n) is 1.63. The quantitative estimate of drug-likeness (QED) is 0.472. The molecule has 65 valence electrons. The summed E-state index contributed by atoms with van der Waals surface area (Å²) >= 11 is 0. The third kappa shape index (κ3) is 1.53. The Labute approximate surface area is 74.8 Å². The molecule has 4 heteroatoms. The van der Waals surface area contributed by atoms with Crippen molar-refractivity contribution in [2.45, 2.75) is 6.23 Å². The second-order valence-electron chi connectivity index (χ2n) is 2.48. The first-order valence-corrected chi connectivity index (χ1v) is 3.76. The van der Waals surface area contributed by atoms with Gasteiger partial charge >= 0.3 is 0 Å². The van der Waals surface area contributed by atoms with Crippen LogP contribution in [-0.2, 0) is 4.79 Å². The molecule has 0 amide bonds. The van der Waals surface area contributed by atoms with Gasteiger partial charge in [-0.05, 0) is 18.2 Å². The molecule has 0 saturated heterocycles. The van der Waals surface area contributed by atoms with Crippen LogP contribution in [0.1, 0.15) is 0 Å². The molecular weight excluding hydrogens is 170 g/mol. The number of carbonyl (C=O) groups excluding carboxylic acids is 1. The first-order valence-electron chi connectivity index (χ1n) is 3.76. The van der Waals surface area contributed by atoms with E-state index in [1.54, 1.807) is 18.2 Å². The standard InChI is InChI=1S/C9H6NO3/c11-6-10-9-5-12-7-3-1-2-4-8(7)13-9/h2-4,9H,5H2. The Hall–Kier alpha value is -1.80. The minimum atomic E-state index is -0.576. The van der Waals surface area contributed by atoms with Gasteiger partial charge in [-0.2, -0.15) is 4.99 Å². The van der Waals surface area contributed by atoms with Crippen molar-refractivity contribution in [1.82, 2.24) is 0 Å². The Morgan fingerprint density at radius 2 is 2.54 bits per heavy atom. The molecule has 0 N–H and O–H groups in total. The maximum atomic E-state index is 9.95. The molecule has 1 aliphatic heterocycles. The number of isocyanates is 1. The Bertz CT molecular complexity index is 358. The van der Waals surface area contributed by atoms with Crippen LogP contribution < -0.4 is 9.47 Å². The number of fused-ring (bicyclic) bond motifs is 1. The van der Waals surface area contributed by atoms with Crippen molar-refractivity contribution in [3.63, 3.8) is 0 Å². The van der Waals surface area contributed by atoms with E-state index in [1.807, 2.05) is 0 Å². The second kappa shape index (κ2) is 3.29. The Morgan fingerprint density at radius 3 is 3.38 bits per heavy atom. The van der Waals surface area contributed by atoms with Crippen LogP contribution in [0.3, 0.4) is 0 Å². The van der Waals surface area contributed by atoms with Crippen LogP contribution in [0.4, 0.5) is 0 Å². The SMILES string of the molecule is O=C=NC1COc2c[c]ccc2O1. The van der Waals surface area contributed by atoms with Crippen molar-refractivity contribution in [3.05, 3.63) is 24.3 Å². The molecule has 1 aliphatic rings. The van der Waals surface area contributed by atoms with Crippen LogP contribution in [0, 0.1) is 6.07 Å². The Morgan fingerprint density at radius 1 is 1.62 bits per heavy atom. The fourth-order valence-electron chi connectivity index (χ4n) is 1.08. The van der Waals surface area contributed by atoms with Gasteiger partial charge in [0, 0.05) is 0 Å². The van der Waals surface area contributed by atoms with Crippen molar-refractivity contribution in [2.24, 2.45) is 4.99 Å². The highest BCUT2D eigenvalue weighted by molar-refractivity contribution is 5.41. The summed E-state index contributed by atoms with van der Waals surface area (Å²) in [5.41, 5.74) is 0. The zero-order valence-corrected chi connectivity index (χ0v) is 6.69. The molecule has 1 radical (unpaired) electrons. The van der Waals surface area contributed by atoms with Gasteiger partial charge in [-0.3, -0.25) is 0 Å². The molecule has 1 atom stereocenters. The van der Waals surface area contributed by atoms with Crippen molar-refractivity contribution in [2.75, 3.05) is 6.61 Å². The highest BCUT2D eigenvalue weighted by atomic mass is 16.6. The van der Waals surface area contributed by atoms with Gasteiger partial charge in [-0.1, -0.05) is 6.07 Å². The molecule has 13 heavy (non-hydrogen) atoms. The van der Waals surface area contributed by atoms with Crippen molar-refractivity contribution in [3.8, 4) is 11.5 Å². The maximum absolute atomic E-state index is 9.95. The van der Waals surface area contributed by atoms with Crippen molar-refractivity contribution >= 4 is 6.08 Å². The van der Waals surface area contributed by atoms with Gasteiger partial charge in [-0.15, -0.1) is 0 Å². The van der Waals surface area contributed by atoms with Crippen LogP contribution in [0.25, 0.3) is 0 Å². The van der Waals surface area contributed by atoms with Gasteiger partial charge in [0.25, 0.3) is 0 Å². The molecule has 1 unspecified atom stereocenters. The first kappa shape index (κ1) is 7.83. The van der Waals surface area contributed by atoms with E-state index < -0.39 is 6.23 Å². The largest absolute Gasteiger partial charge is 0.484 e. The summed E-state index contributed by atoms with van der Waals surface area (Å²) in [7, 11) is 0. The van der Waals surface area contributed by atoms with Gasteiger partial charge < -0.3 is 9.47 Å². The molecule has 0 saturated carbocycles. The average molecular weight is 176 g/mol. The molecule has 0 spiro atoms. The molecule has 1 aromatic rings. The van der Waals surface area contributed by atoms with Crippen LogP contribution in [-0.4, -0.2) is 18.9 Å². The Kier molecular flexibility index (Phi) is 1.98. The minimum absolute atomic E-state index is 0.236. The molecule has 1 aromatic carbocycles. The summed E-state index contributed by atoms with van der Waals surface area (Å²) in [5, 5.41) is 0.